The summed E-state index contributed by atoms with van der Waals surface area (Å²) in [6.45, 7) is 8.44. The SMILES string of the molecule is CCCCCCc1ccc(C(=O)Oc2cc(C(C)(C)C)nn2-c2ccc(Cl)cc2)cc1. The molecule has 0 N–H and O–H groups in total. The fraction of sp³-hybridized carbons (Fsp3) is 0.385. The van der Waals surface area contributed by atoms with E-state index in [1.165, 1.54) is 31.2 Å². The molecule has 0 saturated heterocycles. The van der Waals surface area contributed by atoms with Gasteiger partial charge in [0.05, 0.1) is 16.9 Å². The largest absolute Gasteiger partial charge is 0.404 e. The molecule has 1 aromatic heterocycles. The minimum atomic E-state index is -0.395. The van der Waals surface area contributed by atoms with Gasteiger partial charge in [-0.15, -0.1) is 0 Å². The third kappa shape index (κ3) is 6.20. The molecule has 0 aliphatic rings. The molecule has 2 aromatic carbocycles. The number of aryl methyl sites for hydroxylation is 1. The zero-order valence-electron chi connectivity index (χ0n) is 18.8. The molecule has 1 heterocycles. The maximum atomic E-state index is 12.8. The zero-order chi connectivity index (χ0) is 22.4. The monoisotopic (exact) mass is 438 g/mol. The van der Waals surface area contributed by atoms with Gasteiger partial charge in [0.2, 0.25) is 5.88 Å². The van der Waals surface area contributed by atoms with Gasteiger partial charge in [0.25, 0.3) is 0 Å². The Balaban J connectivity index is 1.78. The van der Waals surface area contributed by atoms with Crippen LogP contribution in [0.25, 0.3) is 5.69 Å². The topological polar surface area (TPSA) is 44.1 Å². The molecule has 0 bridgehead atoms. The molecule has 31 heavy (non-hydrogen) atoms. The van der Waals surface area contributed by atoms with E-state index in [9.17, 15) is 4.79 Å². The van der Waals surface area contributed by atoms with Crippen molar-refractivity contribution in [3.63, 3.8) is 0 Å². The molecule has 0 spiro atoms. The van der Waals surface area contributed by atoms with Crippen LogP contribution in [-0.2, 0) is 11.8 Å². The quantitative estimate of drug-likeness (QED) is 0.276. The first-order valence-corrected chi connectivity index (χ1v) is 11.3. The lowest BCUT2D eigenvalue weighted by Crippen LogP contribution is -2.13. The van der Waals surface area contributed by atoms with E-state index in [-0.39, 0.29) is 5.41 Å². The molecular formula is C26H31ClN2O2. The van der Waals surface area contributed by atoms with E-state index in [2.05, 4.69) is 32.8 Å². The molecule has 0 radical (unpaired) electrons. The summed E-state index contributed by atoms with van der Waals surface area (Å²) in [6, 6.07) is 16.8. The van der Waals surface area contributed by atoms with Crippen molar-refractivity contribution in [2.24, 2.45) is 0 Å². The van der Waals surface area contributed by atoms with Gasteiger partial charge in [-0.05, 0) is 54.8 Å². The summed E-state index contributed by atoms with van der Waals surface area (Å²) in [5, 5.41) is 5.33. The highest BCUT2D eigenvalue weighted by Crippen LogP contribution is 2.28. The number of carbonyl (C=O) groups excluding carboxylic acids is 1. The lowest BCUT2D eigenvalue weighted by atomic mass is 9.93. The molecular weight excluding hydrogens is 408 g/mol. The van der Waals surface area contributed by atoms with Gasteiger partial charge in [0.15, 0.2) is 0 Å². The Bertz CT molecular complexity index is 999. The number of nitrogens with zero attached hydrogens (tertiary/aromatic N) is 2. The van der Waals surface area contributed by atoms with Crippen LogP contribution in [0, 0.1) is 0 Å². The third-order valence-corrected chi connectivity index (χ3v) is 5.47. The van der Waals surface area contributed by atoms with Gasteiger partial charge in [-0.1, -0.05) is 70.7 Å². The van der Waals surface area contributed by atoms with Crippen LogP contribution in [0.1, 0.15) is 75.0 Å². The van der Waals surface area contributed by atoms with Crippen molar-refractivity contribution in [3.8, 4) is 11.6 Å². The standard InChI is InChI=1S/C26H31ClN2O2/c1-5-6-7-8-9-19-10-12-20(13-11-19)25(30)31-24-18-23(26(2,3)4)28-29(24)22-16-14-21(27)15-17-22/h10-18H,5-9H2,1-4H3. The van der Waals surface area contributed by atoms with Gasteiger partial charge < -0.3 is 4.74 Å². The summed E-state index contributed by atoms with van der Waals surface area (Å²) in [7, 11) is 0. The molecule has 0 unspecified atom stereocenters. The van der Waals surface area contributed by atoms with E-state index in [4.69, 9.17) is 16.3 Å². The number of rotatable bonds is 8. The summed E-state index contributed by atoms with van der Waals surface area (Å²) in [4.78, 5) is 12.8. The average molecular weight is 439 g/mol. The maximum absolute atomic E-state index is 12.8. The maximum Gasteiger partial charge on any atom is 0.344 e. The van der Waals surface area contributed by atoms with Crippen LogP contribution in [0.4, 0.5) is 0 Å². The van der Waals surface area contributed by atoms with E-state index in [0.29, 0.717) is 16.5 Å². The predicted molar refractivity (Wildman–Crippen MR) is 127 cm³/mol. The van der Waals surface area contributed by atoms with Gasteiger partial charge in [-0.25, -0.2) is 9.48 Å². The highest BCUT2D eigenvalue weighted by Gasteiger charge is 2.23. The summed E-state index contributed by atoms with van der Waals surface area (Å²) < 4.78 is 7.42. The molecule has 3 aromatic rings. The lowest BCUT2D eigenvalue weighted by molar-refractivity contribution is 0.0723. The Morgan fingerprint density at radius 2 is 1.68 bits per heavy atom. The van der Waals surface area contributed by atoms with Crippen molar-refractivity contribution in [1.82, 2.24) is 9.78 Å². The van der Waals surface area contributed by atoms with Crippen LogP contribution in [0.15, 0.2) is 54.6 Å². The molecule has 0 aliphatic heterocycles. The van der Waals surface area contributed by atoms with Gasteiger partial charge in [-0.3, -0.25) is 0 Å². The van der Waals surface area contributed by atoms with Gasteiger partial charge >= 0.3 is 5.97 Å². The van der Waals surface area contributed by atoms with Crippen LogP contribution in [0.3, 0.4) is 0 Å². The summed E-state index contributed by atoms with van der Waals surface area (Å²) in [5.41, 5.74) is 3.21. The van der Waals surface area contributed by atoms with Crippen molar-refractivity contribution in [3.05, 3.63) is 76.4 Å². The van der Waals surface area contributed by atoms with E-state index >= 15 is 0 Å². The Kier molecular flexibility index (Phi) is 7.55. The predicted octanol–water partition coefficient (Wildman–Crippen LogP) is 7.17. The Hall–Kier alpha value is -2.59. The number of ether oxygens (including phenoxy) is 1. The smallest absolute Gasteiger partial charge is 0.344 e. The molecule has 164 valence electrons. The number of benzene rings is 2. The number of aromatic nitrogens is 2. The van der Waals surface area contributed by atoms with Crippen LogP contribution in [0.2, 0.25) is 5.02 Å². The fourth-order valence-corrected chi connectivity index (χ4v) is 3.41. The highest BCUT2D eigenvalue weighted by atomic mass is 35.5. The number of unbranched alkanes of at least 4 members (excludes halogenated alkanes) is 3. The molecule has 0 amide bonds. The summed E-state index contributed by atoms with van der Waals surface area (Å²) in [6.07, 6.45) is 5.95. The van der Waals surface area contributed by atoms with Gasteiger partial charge in [0, 0.05) is 16.5 Å². The lowest BCUT2D eigenvalue weighted by Gasteiger charge is -2.13. The molecule has 5 heteroatoms. The number of esters is 1. The molecule has 0 fully saturated rings. The van der Waals surface area contributed by atoms with Crippen molar-refractivity contribution in [2.45, 2.75) is 65.2 Å². The number of hydrogen-bond acceptors (Lipinski definition) is 3. The van der Waals surface area contributed by atoms with Crippen molar-refractivity contribution in [1.29, 1.82) is 0 Å². The van der Waals surface area contributed by atoms with Crippen LogP contribution in [0.5, 0.6) is 5.88 Å². The van der Waals surface area contributed by atoms with Crippen molar-refractivity contribution >= 4 is 17.6 Å². The fourth-order valence-electron chi connectivity index (χ4n) is 3.29. The van der Waals surface area contributed by atoms with Gasteiger partial charge in [0.1, 0.15) is 0 Å². The molecule has 0 aliphatic carbocycles. The van der Waals surface area contributed by atoms with Crippen LogP contribution in [-0.4, -0.2) is 15.7 Å². The number of carbonyl (C=O) groups is 1. The average Bonchev–Trinajstić information content (AvgIpc) is 3.16. The first kappa shape index (κ1) is 23.1. The van der Waals surface area contributed by atoms with Crippen molar-refractivity contribution in [2.75, 3.05) is 0 Å². The number of hydrogen-bond donors (Lipinski definition) is 0. The Morgan fingerprint density at radius 1 is 1.00 bits per heavy atom. The van der Waals surface area contributed by atoms with Crippen LogP contribution >= 0.6 is 11.6 Å². The van der Waals surface area contributed by atoms with Gasteiger partial charge in [-0.2, -0.15) is 5.10 Å². The molecule has 0 saturated carbocycles. The van der Waals surface area contributed by atoms with E-state index < -0.39 is 5.97 Å². The number of halogens is 1. The first-order chi connectivity index (χ1) is 14.8. The van der Waals surface area contributed by atoms with Crippen molar-refractivity contribution < 1.29 is 9.53 Å². The minimum Gasteiger partial charge on any atom is -0.404 e. The van der Waals surface area contributed by atoms with E-state index in [1.54, 1.807) is 16.8 Å². The zero-order valence-corrected chi connectivity index (χ0v) is 19.6. The third-order valence-electron chi connectivity index (χ3n) is 5.22. The normalized spacial score (nSPS) is 11.5. The second-order valence-electron chi connectivity index (χ2n) is 8.90. The second-order valence-corrected chi connectivity index (χ2v) is 9.34. The second kappa shape index (κ2) is 10.1. The molecule has 4 nitrogen and oxygen atoms in total. The van der Waals surface area contributed by atoms with E-state index in [0.717, 1.165) is 17.8 Å². The first-order valence-electron chi connectivity index (χ1n) is 11.0. The minimum absolute atomic E-state index is 0.182. The molecule has 3 rings (SSSR count). The summed E-state index contributed by atoms with van der Waals surface area (Å²) in [5.74, 6) is -0.00556. The Morgan fingerprint density at radius 3 is 2.29 bits per heavy atom. The Labute approximate surface area is 190 Å². The summed E-state index contributed by atoms with van der Waals surface area (Å²) >= 11 is 6.03. The van der Waals surface area contributed by atoms with Crippen LogP contribution < -0.4 is 4.74 Å². The van der Waals surface area contributed by atoms with E-state index in [1.807, 2.05) is 42.5 Å². The molecule has 0 atom stereocenters. The highest BCUT2D eigenvalue weighted by molar-refractivity contribution is 6.30.